The van der Waals surface area contributed by atoms with E-state index in [0.29, 0.717) is 5.91 Å². The minimum atomic E-state index is -0.400. The zero-order chi connectivity index (χ0) is 16.3. The van der Waals surface area contributed by atoms with Crippen LogP contribution in [-0.4, -0.2) is 53.5 Å². The monoisotopic (exact) mass is 316 g/mol. The third kappa shape index (κ3) is 4.12. The van der Waals surface area contributed by atoms with Gasteiger partial charge < -0.3 is 14.9 Å². The molecule has 1 aliphatic carbocycles. The van der Waals surface area contributed by atoms with E-state index in [4.69, 9.17) is 0 Å². The van der Waals surface area contributed by atoms with Crippen LogP contribution in [0.5, 0.6) is 0 Å². The lowest BCUT2D eigenvalue weighted by Gasteiger charge is -2.25. The largest absolute Gasteiger partial charge is 0.388 e. The summed E-state index contributed by atoms with van der Waals surface area (Å²) < 4.78 is 0. The van der Waals surface area contributed by atoms with Crippen LogP contribution in [0.25, 0.3) is 0 Å². The normalized spacial score (nSPS) is 22.4. The molecule has 4 nitrogen and oxygen atoms in total. The number of benzene rings is 1. The lowest BCUT2D eigenvalue weighted by molar-refractivity contribution is -0.136. The summed E-state index contributed by atoms with van der Waals surface area (Å²) in [6.07, 6.45) is 3.48. The van der Waals surface area contributed by atoms with Gasteiger partial charge in [0.15, 0.2) is 0 Å². The number of hydrogen-bond donors (Lipinski definition) is 1. The molecule has 1 saturated carbocycles. The second kappa shape index (κ2) is 7.02. The van der Waals surface area contributed by atoms with Crippen LogP contribution < -0.4 is 0 Å². The topological polar surface area (TPSA) is 43.8 Å². The zero-order valence-electron chi connectivity index (χ0n) is 14.1. The maximum absolute atomic E-state index is 12.5. The molecule has 0 radical (unpaired) electrons. The number of hydrogen-bond acceptors (Lipinski definition) is 3. The minimum Gasteiger partial charge on any atom is -0.388 e. The Morgan fingerprint density at radius 2 is 1.91 bits per heavy atom. The van der Waals surface area contributed by atoms with E-state index in [-0.39, 0.29) is 5.41 Å². The van der Waals surface area contributed by atoms with E-state index in [2.05, 4.69) is 16.7 Å². The van der Waals surface area contributed by atoms with Crippen LogP contribution in [0.1, 0.15) is 44.3 Å². The lowest BCUT2D eigenvalue weighted by Crippen LogP contribution is -2.39. The van der Waals surface area contributed by atoms with Gasteiger partial charge in [0.25, 0.3) is 0 Å². The summed E-state index contributed by atoms with van der Waals surface area (Å²) in [5.74, 6) is 0.351. The van der Waals surface area contributed by atoms with E-state index in [1.54, 1.807) is 0 Å². The van der Waals surface area contributed by atoms with Crippen molar-refractivity contribution < 1.29 is 9.90 Å². The van der Waals surface area contributed by atoms with Crippen molar-refractivity contribution in [2.45, 2.75) is 38.7 Å². The fraction of sp³-hybridized carbons (Fsp3) is 0.632. The number of carbonyl (C=O) groups is 1. The summed E-state index contributed by atoms with van der Waals surface area (Å²) in [5.41, 5.74) is 0.930. The Morgan fingerprint density at radius 3 is 2.61 bits per heavy atom. The quantitative estimate of drug-likeness (QED) is 0.907. The molecule has 2 fully saturated rings. The van der Waals surface area contributed by atoms with Crippen LogP contribution in [-0.2, 0) is 4.79 Å². The second-order valence-electron chi connectivity index (χ2n) is 7.26. The smallest absolute Gasteiger partial charge is 0.228 e. The number of nitrogens with zero attached hydrogens (tertiary/aromatic N) is 2. The molecule has 0 unspecified atom stereocenters. The lowest BCUT2D eigenvalue weighted by atomic mass is 10.1. The van der Waals surface area contributed by atoms with E-state index in [1.807, 2.05) is 30.3 Å². The number of amides is 1. The van der Waals surface area contributed by atoms with Gasteiger partial charge in [0.2, 0.25) is 5.91 Å². The Kier molecular flexibility index (Phi) is 5.02. The number of carbonyl (C=O) groups excluding carboxylic acids is 1. The average Bonchev–Trinajstić information content (AvgIpc) is 3.36. The Hall–Kier alpha value is -1.39. The van der Waals surface area contributed by atoms with Gasteiger partial charge in [-0.05, 0) is 37.8 Å². The first kappa shape index (κ1) is 16.5. The van der Waals surface area contributed by atoms with Crippen molar-refractivity contribution in [1.82, 2.24) is 9.80 Å². The predicted molar refractivity (Wildman–Crippen MR) is 91.0 cm³/mol. The molecule has 1 aromatic rings. The molecule has 1 aromatic carbocycles. The van der Waals surface area contributed by atoms with Crippen LogP contribution in [0.15, 0.2) is 30.3 Å². The highest BCUT2D eigenvalue weighted by atomic mass is 16.3. The van der Waals surface area contributed by atoms with E-state index in [0.717, 1.165) is 64.0 Å². The summed E-state index contributed by atoms with van der Waals surface area (Å²) in [5, 5.41) is 10.3. The Morgan fingerprint density at radius 1 is 1.17 bits per heavy atom. The summed E-state index contributed by atoms with van der Waals surface area (Å²) in [6, 6.07) is 9.85. The third-order valence-corrected chi connectivity index (χ3v) is 5.30. The first-order valence-corrected chi connectivity index (χ1v) is 8.83. The van der Waals surface area contributed by atoms with Gasteiger partial charge in [-0.15, -0.1) is 0 Å². The van der Waals surface area contributed by atoms with Crippen LogP contribution in [0.3, 0.4) is 0 Å². The average molecular weight is 316 g/mol. The molecule has 3 rings (SSSR count). The van der Waals surface area contributed by atoms with Gasteiger partial charge in [0.1, 0.15) is 0 Å². The maximum atomic E-state index is 12.5. The molecule has 1 atom stereocenters. The Balaban J connectivity index is 1.46. The number of aliphatic hydroxyl groups excluding tert-OH is 1. The van der Waals surface area contributed by atoms with Crippen LogP contribution in [0, 0.1) is 5.41 Å². The molecule has 2 aliphatic rings. The van der Waals surface area contributed by atoms with Gasteiger partial charge in [-0.2, -0.15) is 0 Å². The Labute approximate surface area is 139 Å². The molecule has 1 amide bonds. The molecular weight excluding hydrogens is 288 g/mol. The van der Waals surface area contributed by atoms with Crippen molar-refractivity contribution in [3.05, 3.63) is 35.9 Å². The van der Waals surface area contributed by atoms with Gasteiger partial charge in [-0.25, -0.2) is 0 Å². The standard InChI is InChI=1S/C19H28N2O2/c1-19(9-10-19)18(23)21-12-5-11-20(14-15-21)13-8-17(22)16-6-3-2-4-7-16/h2-4,6-7,17,22H,5,8-15H2,1H3/t17-/m1/s1. The summed E-state index contributed by atoms with van der Waals surface area (Å²) in [4.78, 5) is 16.9. The first-order chi connectivity index (χ1) is 11.1. The summed E-state index contributed by atoms with van der Waals surface area (Å²) in [7, 11) is 0. The van der Waals surface area contributed by atoms with Crippen molar-refractivity contribution in [3.8, 4) is 0 Å². The molecular formula is C19H28N2O2. The van der Waals surface area contributed by atoms with Crippen molar-refractivity contribution in [2.24, 2.45) is 5.41 Å². The van der Waals surface area contributed by atoms with Gasteiger partial charge in [0.05, 0.1) is 6.10 Å². The first-order valence-electron chi connectivity index (χ1n) is 8.83. The molecule has 1 heterocycles. The Bertz CT molecular complexity index is 527. The van der Waals surface area contributed by atoms with E-state index in [9.17, 15) is 9.90 Å². The summed E-state index contributed by atoms with van der Waals surface area (Å²) >= 11 is 0. The highest BCUT2D eigenvalue weighted by Gasteiger charge is 2.47. The molecule has 1 aliphatic heterocycles. The molecule has 0 aromatic heterocycles. The molecule has 23 heavy (non-hydrogen) atoms. The second-order valence-corrected chi connectivity index (χ2v) is 7.26. The fourth-order valence-electron chi connectivity index (χ4n) is 3.33. The molecule has 0 bridgehead atoms. The van der Waals surface area contributed by atoms with E-state index in [1.165, 1.54) is 0 Å². The van der Waals surface area contributed by atoms with Crippen molar-refractivity contribution in [3.63, 3.8) is 0 Å². The van der Waals surface area contributed by atoms with Crippen LogP contribution in [0.4, 0.5) is 0 Å². The van der Waals surface area contributed by atoms with Crippen LogP contribution >= 0.6 is 0 Å². The van der Waals surface area contributed by atoms with Gasteiger partial charge in [0, 0.05) is 31.6 Å². The fourth-order valence-corrected chi connectivity index (χ4v) is 3.33. The van der Waals surface area contributed by atoms with Gasteiger partial charge in [-0.3, -0.25) is 4.79 Å². The van der Waals surface area contributed by atoms with Crippen LogP contribution in [0.2, 0.25) is 0 Å². The predicted octanol–water partition coefficient (Wildman–Crippen LogP) is 2.44. The number of rotatable bonds is 5. The van der Waals surface area contributed by atoms with E-state index >= 15 is 0 Å². The van der Waals surface area contributed by atoms with Gasteiger partial charge in [-0.1, -0.05) is 37.3 Å². The van der Waals surface area contributed by atoms with Gasteiger partial charge >= 0.3 is 0 Å². The van der Waals surface area contributed by atoms with Crippen molar-refractivity contribution >= 4 is 5.91 Å². The van der Waals surface area contributed by atoms with Crippen molar-refractivity contribution in [2.75, 3.05) is 32.7 Å². The molecule has 126 valence electrons. The van der Waals surface area contributed by atoms with E-state index < -0.39 is 6.10 Å². The molecule has 1 saturated heterocycles. The third-order valence-electron chi connectivity index (χ3n) is 5.30. The molecule has 1 N–H and O–H groups in total. The zero-order valence-corrected chi connectivity index (χ0v) is 14.1. The molecule has 4 heteroatoms. The van der Waals surface area contributed by atoms with Crippen molar-refractivity contribution in [1.29, 1.82) is 0 Å². The highest BCUT2D eigenvalue weighted by Crippen LogP contribution is 2.46. The summed E-state index contributed by atoms with van der Waals surface area (Å²) in [6.45, 7) is 6.62. The minimum absolute atomic E-state index is 0.0569. The number of aliphatic hydroxyl groups is 1. The molecule has 0 spiro atoms. The maximum Gasteiger partial charge on any atom is 0.228 e. The highest BCUT2D eigenvalue weighted by molar-refractivity contribution is 5.84. The SMILES string of the molecule is CC1(C(=O)N2CCCN(CC[C@@H](O)c3ccccc3)CC2)CC1.